The Morgan fingerprint density at radius 1 is 0.390 bits per heavy atom. The Morgan fingerprint density at radius 3 is 1.58 bits per heavy atom. The van der Waals surface area contributed by atoms with Crippen LogP contribution in [-0.2, 0) is 17.3 Å². The number of hydrogen-bond donors (Lipinski definition) is 0. The van der Waals surface area contributed by atoms with E-state index in [9.17, 15) is 0 Å². The van der Waals surface area contributed by atoms with Crippen LogP contribution in [0.2, 0.25) is 0 Å². The smallest absolute Gasteiger partial charge is 0.0729 e. The van der Waals surface area contributed by atoms with E-state index in [0.717, 1.165) is 23.5 Å². The zero-order chi connectivity index (χ0) is 39.5. The summed E-state index contributed by atoms with van der Waals surface area (Å²) in [5, 5.41) is 2.68. The Balaban J connectivity index is 1.14. The molecule has 0 radical (unpaired) electrons. The molecule has 0 saturated heterocycles. The summed E-state index contributed by atoms with van der Waals surface area (Å²) in [6.07, 6.45) is 0.952. The van der Waals surface area contributed by atoms with Crippen molar-refractivity contribution < 1.29 is 0 Å². The van der Waals surface area contributed by atoms with Gasteiger partial charge >= 0.3 is 0 Å². The molecule has 280 valence electrons. The average molecular weight is 754 g/mol. The van der Waals surface area contributed by atoms with E-state index in [1.807, 2.05) is 0 Å². The van der Waals surface area contributed by atoms with E-state index in [-0.39, 0.29) is 5.41 Å². The van der Waals surface area contributed by atoms with Gasteiger partial charge in [0.25, 0.3) is 0 Å². The normalized spacial score (nSPS) is 16.0. The van der Waals surface area contributed by atoms with Crippen LogP contribution in [0, 0.1) is 0 Å². The lowest BCUT2D eigenvalue weighted by molar-refractivity contribution is 0.660. The van der Waals surface area contributed by atoms with E-state index in [1.54, 1.807) is 0 Å². The first-order valence-electron chi connectivity index (χ1n) is 21.1. The molecule has 1 unspecified atom stereocenters. The second-order valence-corrected chi connectivity index (χ2v) is 17.1. The number of benzene rings is 9. The van der Waals surface area contributed by atoms with Gasteiger partial charge in [0.2, 0.25) is 0 Å². The highest BCUT2D eigenvalue weighted by molar-refractivity contribution is 6.08. The van der Waals surface area contributed by atoms with E-state index < -0.39 is 5.41 Å². The molecule has 3 aliphatic rings. The molecule has 9 aromatic rings. The van der Waals surface area contributed by atoms with Crippen molar-refractivity contribution in [3.63, 3.8) is 0 Å². The van der Waals surface area contributed by atoms with Gasteiger partial charge in [-0.25, -0.2) is 0 Å². The van der Waals surface area contributed by atoms with Crippen LogP contribution >= 0.6 is 0 Å². The summed E-state index contributed by atoms with van der Waals surface area (Å²) in [6, 6.07) is 73.3. The summed E-state index contributed by atoms with van der Waals surface area (Å²) in [6.45, 7) is 7.07. The summed E-state index contributed by atoms with van der Waals surface area (Å²) in [4.78, 5) is 2.50. The highest BCUT2D eigenvalue weighted by Gasteiger charge is 2.51. The van der Waals surface area contributed by atoms with Crippen LogP contribution < -0.4 is 4.90 Å². The molecule has 1 heteroatoms. The van der Waals surface area contributed by atoms with Gasteiger partial charge in [0.05, 0.1) is 5.41 Å². The van der Waals surface area contributed by atoms with Gasteiger partial charge in [0, 0.05) is 22.5 Å². The fraction of sp³-hybridized carbons (Fsp3) is 0.103. The first kappa shape index (κ1) is 34.1. The van der Waals surface area contributed by atoms with Crippen LogP contribution in [0.25, 0.3) is 55.3 Å². The number of nitrogens with zero attached hydrogens (tertiary/aromatic N) is 1. The maximum absolute atomic E-state index is 2.54. The Hall–Kier alpha value is -6.96. The van der Waals surface area contributed by atoms with Gasteiger partial charge in [0.1, 0.15) is 0 Å². The summed E-state index contributed by atoms with van der Waals surface area (Å²) >= 11 is 0. The van der Waals surface area contributed by atoms with Crippen LogP contribution in [-0.4, -0.2) is 0 Å². The van der Waals surface area contributed by atoms with Crippen molar-refractivity contribution in [3.8, 4) is 44.5 Å². The molecule has 0 bridgehead atoms. The predicted molar refractivity (Wildman–Crippen MR) is 247 cm³/mol. The molecule has 0 amide bonds. The average Bonchev–Trinajstić information content (AvgIpc) is 3.70. The first-order chi connectivity index (χ1) is 29.0. The van der Waals surface area contributed by atoms with E-state index in [1.165, 1.54) is 94.2 Å². The van der Waals surface area contributed by atoms with E-state index in [0.29, 0.717) is 0 Å². The highest BCUT2D eigenvalue weighted by atomic mass is 15.1. The molecular weight excluding hydrogens is 711 g/mol. The van der Waals surface area contributed by atoms with Gasteiger partial charge in [-0.3, -0.25) is 0 Å². The first-order valence-corrected chi connectivity index (χ1v) is 21.1. The third-order valence-electron chi connectivity index (χ3n) is 13.9. The molecule has 1 spiro atoms. The topological polar surface area (TPSA) is 3.24 Å². The molecule has 0 fully saturated rings. The second-order valence-electron chi connectivity index (χ2n) is 17.1. The molecule has 9 aromatic carbocycles. The minimum atomic E-state index is -0.498. The monoisotopic (exact) mass is 753 g/mol. The van der Waals surface area contributed by atoms with Crippen molar-refractivity contribution in [1.82, 2.24) is 0 Å². The maximum Gasteiger partial charge on any atom is 0.0729 e. The third kappa shape index (κ3) is 4.62. The summed E-state index contributed by atoms with van der Waals surface area (Å²) in [7, 11) is 0. The highest BCUT2D eigenvalue weighted by Crippen LogP contribution is 2.63. The van der Waals surface area contributed by atoms with Crippen molar-refractivity contribution in [2.75, 3.05) is 4.90 Å². The van der Waals surface area contributed by atoms with Gasteiger partial charge in [0.15, 0.2) is 0 Å². The number of hydrogen-bond acceptors (Lipinski definition) is 1. The molecule has 0 saturated carbocycles. The Kier molecular flexibility index (Phi) is 7.24. The molecule has 1 nitrogen and oxygen atoms in total. The Labute approximate surface area is 346 Å². The fourth-order valence-electron chi connectivity index (χ4n) is 11.2. The molecular formula is C58H43N. The van der Waals surface area contributed by atoms with Crippen molar-refractivity contribution >= 4 is 27.8 Å². The van der Waals surface area contributed by atoms with E-state index >= 15 is 0 Å². The summed E-state index contributed by atoms with van der Waals surface area (Å²) in [5.41, 5.74) is 22.9. The molecule has 0 heterocycles. The van der Waals surface area contributed by atoms with Gasteiger partial charge < -0.3 is 4.90 Å². The van der Waals surface area contributed by atoms with Crippen LogP contribution in [0.15, 0.2) is 194 Å². The predicted octanol–water partition coefficient (Wildman–Crippen LogP) is 15.2. The number of fused-ring (bicyclic) bond motifs is 12. The lowest BCUT2D eigenvalue weighted by Crippen LogP contribution is -2.33. The van der Waals surface area contributed by atoms with Crippen molar-refractivity contribution in [3.05, 3.63) is 233 Å². The fourth-order valence-corrected chi connectivity index (χ4v) is 11.2. The largest absolute Gasteiger partial charge is 0.310 e. The summed E-state index contributed by atoms with van der Waals surface area (Å²) in [5.74, 6) is 0. The number of aryl methyl sites for hydroxylation is 1. The minimum absolute atomic E-state index is 0.122. The van der Waals surface area contributed by atoms with Crippen molar-refractivity contribution in [2.24, 2.45) is 0 Å². The Morgan fingerprint density at radius 2 is 0.898 bits per heavy atom. The molecule has 0 aliphatic heterocycles. The third-order valence-corrected chi connectivity index (χ3v) is 13.9. The SMILES string of the molecule is CCc1ccc2cccc3c2c1C1(c2ccccc2-c2ccc(N(c4ccc(-c5ccccc5)cc4)c4ccc5c(c4)C(C)(C)c4ccccc4-5)cc21)c1ccccc1-3. The van der Waals surface area contributed by atoms with Gasteiger partial charge in [-0.2, -0.15) is 0 Å². The lowest BCUT2D eigenvalue weighted by atomic mass is 9.60. The number of rotatable bonds is 5. The van der Waals surface area contributed by atoms with Crippen LogP contribution in [0.3, 0.4) is 0 Å². The second kappa shape index (κ2) is 12.5. The van der Waals surface area contributed by atoms with E-state index in [4.69, 9.17) is 0 Å². The molecule has 59 heavy (non-hydrogen) atoms. The van der Waals surface area contributed by atoms with E-state index in [2.05, 4.69) is 220 Å². The Bertz CT molecular complexity index is 3170. The molecule has 3 aliphatic carbocycles. The lowest BCUT2D eigenvalue weighted by Gasteiger charge is -2.41. The van der Waals surface area contributed by atoms with Crippen molar-refractivity contribution in [1.29, 1.82) is 0 Å². The quantitative estimate of drug-likeness (QED) is 0.169. The van der Waals surface area contributed by atoms with Crippen LogP contribution in [0.5, 0.6) is 0 Å². The minimum Gasteiger partial charge on any atom is -0.310 e. The number of anilines is 3. The van der Waals surface area contributed by atoms with Crippen LogP contribution in [0.1, 0.15) is 59.7 Å². The zero-order valence-electron chi connectivity index (χ0n) is 33.6. The van der Waals surface area contributed by atoms with Gasteiger partial charge in [-0.1, -0.05) is 178 Å². The zero-order valence-corrected chi connectivity index (χ0v) is 33.6. The molecule has 12 rings (SSSR count). The standard InChI is InChI=1S/C58H43N/c1-4-37-25-26-40-17-14-21-49-46-20-10-13-24-52(46)58(56(37)55(40)49)51-23-12-9-19-45(51)48-34-32-43(36-54(48)58)59(41-29-27-39(28-30-41)38-15-6-5-7-16-38)42-31-33-47-44-18-8-11-22-50(44)57(2,3)53(47)35-42/h5-36H,4H2,1-3H3. The van der Waals surface area contributed by atoms with Gasteiger partial charge in [-0.05, 0) is 137 Å². The maximum atomic E-state index is 2.54. The molecule has 1 atom stereocenters. The van der Waals surface area contributed by atoms with Crippen molar-refractivity contribution in [2.45, 2.75) is 38.0 Å². The molecule has 0 aromatic heterocycles. The van der Waals surface area contributed by atoms with Gasteiger partial charge in [-0.15, -0.1) is 0 Å². The molecule has 0 N–H and O–H groups in total. The van der Waals surface area contributed by atoms with Crippen LogP contribution in [0.4, 0.5) is 17.1 Å². The summed E-state index contributed by atoms with van der Waals surface area (Å²) < 4.78 is 0.